The van der Waals surface area contributed by atoms with Gasteiger partial charge in [-0.05, 0) is 79.1 Å². The van der Waals surface area contributed by atoms with Crippen molar-refractivity contribution in [3.8, 4) is 79.0 Å². The molecule has 0 aliphatic rings. The molecule has 0 saturated heterocycles. The predicted octanol–water partition coefficient (Wildman–Crippen LogP) is 11.6. The zero-order valence-electron chi connectivity index (χ0n) is 29.7. The van der Waals surface area contributed by atoms with Crippen molar-refractivity contribution in [3.63, 3.8) is 0 Å². The molecule has 0 N–H and O–H groups in total. The molecule has 0 atom stereocenters. The van der Waals surface area contributed by atoms with Gasteiger partial charge in [0.25, 0.3) is 0 Å². The summed E-state index contributed by atoms with van der Waals surface area (Å²) in [4.78, 5) is 19.7. The number of rotatable bonds is 14. The van der Waals surface area contributed by atoms with E-state index in [9.17, 15) is 0 Å². The smallest absolute Gasteiger partial charge is 0.128 e. The van der Waals surface area contributed by atoms with E-state index in [4.69, 9.17) is 24.4 Å². The normalized spacial score (nSPS) is 11.0. The molecule has 0 amide bonds. The first-order valence-electron chi connectivity index (χ1n) is 18.1. The molecular formula is C46H42N4O2. The topological polar surface area (TPSA) is 70.0 Å². The fraction of sp³-hybridized carbons (Fsp3) is 0.174. The number of pyridine rings is 4. The second-order valence-corrected chi connectivity index (χ2v) is 12.6. The highest BCUT2D eigenvalue weighted by molar-refractivity contribution is 5.89. The van der Waals surface area contributed by atoms with Crippen LogP contribution in [0, 0.1) is 0 Å². The fourth-order valence-corrected chi connectivity index (χ4v) is 6.12. The predicted molar refractivity (Wildman–Crippen MR) is 211 cm³/mol. The van der Waals surface area contributed by atoms with Crippen LogP contribution in [0.5, 0.6) is 11.5 Å². The van der Waals surface area contributed by atoms with Crippen LogP contribution < -0.4 is 9.47 Å². The average molecular weight is 683 g/mol. The van der Waals surface area contributed by atoms with Gasteiger partial charge in [-0.3, -0.25) is 9.97 Å². The summed E-state index contributed by atoms with van der Waals surface area (Å²) in [6, 6.07) is 45.0. The summed E-state index contributed by atoms with van der Waals surface area (Å²) >= 11 is 0. The highest BCUT2D eigenvalue weighted by Gasteiger charge is 2.22. The molecule has 7 rings (SSSR count). The number of benzene rings is 3. The van der Waals surface area contributed by atoms with Gasteiger partial charge in [0.1, 0.15) is 11.5 Å². The molecule has 258 valence electrons. The molecule has 6 nitrogen and oxygen atoms in total. The van der Waals surface area contributed by atoms with Crippen molar-refractivity contribution in [2.45, 2.75) is 39.5 Å². The third-order valence-electron chi connectivity index (χ3n) is 8.89. The van der Waals surface area contributed by atoms with E-state index in [0.717, 1.165) is 105 Å². The van der Waals surface area contributed by atoms with Crippen LogP contribution in [-0.2, 0) is 0 Å². The maximum atomic E-state index is 6.68. The van der Waals surface area contributed by atoms with Crippen molar-refractivity contribution in [3.05, 3.63) is 146 Å². The summed E-state index contributed by atoms with van der Waals surface area (Å²) in [6.45, 7) is 5.51. The Kier molecular flexibility index (Phi) is 11.0. The van der Waals surface area contributed by atoms with Gasteiger partial charge in [-0.2, -0.15) is 0 Å². The molecule has 4 heterocycles. The van der Waals surface area contributed by atoms with Crippen LogP contribution >= 0.6 is 0 Å². The van der Waals surface area contributed by atoms with E-state index in [0.29, 0.717) is 13.2 Å². The van der Waals surface area contributed by atoms with Crippen LogP contribution in [0.4, 0.5) is 0 Å². The molecule has 0 bridgehead atoms. The molecular weight excluding hydrogens is 641 g/mol. The summed E-state index contributed by atoms with van der Waals surface area (Å²) in [7, 11) is 0. The largest absolute Gasteiger partial charge is 0.493 e. The summed E-state index contributed by atoms with van der Waals surface area (Å²) in [5, 5.41) is 0. The Labute approximate surface area is 306 Å². The second-order valence-electron chi connectivity index (χ2n) is 12.6. The lowest BCUT2D eigenvalue weighted by Crippen LogP contribution is -2.04. The second kappa shape index (κ2) is 16.7. The fourth-order valence-electron chi connectivity index (χ4n) is 6.12. The van der Waals surface area contributed by atoms with Crippen molar-refractivity contribution in [2.75, 3.05) is 13.2 Å². The number of nitrogens with zero attached hydrogens (tertiary/aromatic N) is 4. The lowest BCUT2D eigenvalue weighted by molar-refractivity contribution is 0.303. The number of unbranched alkanes of at least 4 members (excludes halogenated alkanes) is 2. The molecule has 52 heavy (non-hydrogen) atoms. The SMILES string of the molecule is CCCCOc1cc(-c2ccc(-c3ccccc3)nc2-c2ccccn2)c(OCCCC)cc1-c1cc(-c2ccccc2)nc(-c2ccccn2)c1. The Balaban J connectivity index is 1.46. The van der Waals surface area contributed by atoms with Crippen LogP contribution in [0.3, 0.4) is 0 Å². The Morgan fingerprint density at radius 1 is 0.423 bits per heavy atom. The van der Waals surface area contributed by atoms with Crippen LogP contribution in [0.15, 0.2) is 146 Å². The van der Waals surface area contributed by atoms with Crippen molar-refractivity contribution < 1.29 is 9.47 Å². The molecule has 0 aliphatic carbocycles. The van der Waals surface area contributed by atoms with Crippen molar-refractivity contribution >= 4 is 0 Å². The number of hydrogen-bond donors (Lipinski definition) is 0. The third-order valence-corrected chi connectivity index (χ3v) is 8.89. The molecule has 4 aromatic heterocycles. The molecule has 7 aromatic rings. The maximum absolute atomic E-state index is 6.68. The van der Waals surface area contributed by atoms with Gasteiger partial charge in [-0.25, -0.2) is 9.97 Å². The summed E-state index contributed by atoms with van der Waals surface area (Å²) in [5.41, 5.74) is 10.7. The minimum Gasteiger partial charge on any atom is -0.493 e. The van der Waals surface area contributed by atoms with Crippen LogP contribution in [0.25, 0.3) is 67.5 Å². The first-order chi connectivity index (χ1) is 25.7. The standard InChI is InChI=1S/C46H42N4O2/c1-3-5-27-51-44-32-38(36-23-24-39(33-17-9-7-10-18-33)50-46(36)41-22-14-16-26-48-41)45(52-28-6-4-2)31-37(44)35-29-42(34-19-11-8-12-20-34)49-43(30-35)40-21-13-15-25-47-40/h7-26,29-32H,3-6,27-28H2,1-2H3. The Bertz CT molecular complexity index is 2150. The van der Waals surface area contributed by atoms with Gasteiger partial charge in [0.05, 0.1) is 47.4 Å². The van der Waals surface area contributed by atoms with Gasteiger partial charge < -0.3 is 9.47 Å². The maximum Gasteiger partial charge on any atom is 0.128 e. The molecule has 0 fully saturated rings. The Hall–Kier alpha value is -6.14. The van der Waals surface area contributed by atoms with Crippen LogP contribution in [-0.4, -0.2) is 33.1 Å². The van der Waals surface area contributed by atoms with E-state index in [1.807, 2.05) is 79.0 Å². The Morgan fingerprint density at radius 2 is 0.981 bits per heavy atom. The highest BCUT2D eigenvalue weighted by atomic mass is 16.5. The van der Waals surface area contributed by atoms with Gasteiger partial charge >= 0.3 is 0 Å². The van der Waals surface area contributed by atoms with Gasteiger partial charge in [0.2, 0.25) is 0 Å². The summed E-state index contributed by atoms with van der Waals surface area (Å²) in [5.74, 6) is 1.53. The van der Waals surface area contributed by atoms with Gasteiger partial charge in [0, 0.05) is 40.2 Å². The third kappa shape index (κ3) is 7.92. The van der Waals surface area contributed by atoms with Crippen molar-refractivity contribution in [2.24, 2.45) is 0 Å². The van der Waals surface area contributed by atoms with Gasteiger partial charge in [-0.1, -0.05) is 99.5 Å². The quantitative estimate of drug-likeness (QED) is 0.106. The molecule has 3 aromatic carbocycles. The molecule has 0 aliphatic heterocycles. The monoisotopic (exact) mass is 682 g/mol. The zero-order valence-corrected chi connectivity index (χ0v) is 29.7. The van der Waals surface area contributed by atoms with Crippen molar-refractivity contribution in [1.29, 1.82) is 0 Å². The number of aromatic nitrogens is 4. The van der Waals surface area contributed by atoms with E-state index >= 15 is 0 Å². The zero-order chi connectivity index (χ0) is 35.5. The van der Waals surface area contributed by atoms with E-state index < -0.39 is 0 Å². The molecule has 0 radical (unpaired) electrons. The Morgan fingerprint density at radius 3 is 1.60 bits per heavy atom. The molecule has 6 heteroatoms. The minimum atomic E-state index is 0.582. The van der Waals surface area contributed by atoms with Gasteiger partial charge in [-0.15, -0.1) is 0 Å². The number of hydrogen-bond acceptors (Lipinski definition) is 6. The number of ether oxygens (including phenoxy) is 2. The average Bonchev–Trinajstić information content (AvgIpc) is 3.22. The first-order valence-corrected chi connectivity index (χ1v) is 18.1. The molecule has 0 unspecified atom stereocenters. The minimum absolute atomic E-state index is 0.582. The first kappa shape index (κ1) is 34.3. The highest BCUT2D eigenvalue weighted by Crippen LogP contribution is 2.45. The summed E-state index contributed by atoms with van der Waals surface area (Å²) in [6.07, 6.45) is 7.51. The van der Waals surface area contributed by atoms with Gasteiger partial charge in [0.15, 0.2) is 0 Å². The van der Waals surface area contributed by atoms with E-state index in [2.05, 4.69) is 79.5 Å². The van der Waals surface area contributed by atoms with E-state index in [-0.39, 0.29) is 0 Å². The van der Waals surface area contributed by atoms with Crippen LogP contribution in [0.1, 0.15) is 39.5 Å². The van der Waals surface area contributed by atoms with Crippen LogP contribution in [0.2, 0.25) is 0 Å². The van der Waals surface area contributed by atoms with E-state index in [1.54, 1.807) is 6.20 Å². The summed E-state index contributed by atoms with van der Waals surface area (Å²) < 4.78 is 13.4. The molecule has 0 spiro atoms. The lowest BCUT2D eigenvalue weighted by Gasteiger charge is -2.20. The lowest BCUT2D eigenvalue weighted by atomic mass is 9.94. The van der Waals surface area contributed by atoms with Crippen molar-refractivity contribution in [1.82, 2.24) is 19.9 Å². The van der Waals surface area contributed by atoms with E-state index in [1.165, 1.54) is 0 Å². The molecule has 0 saturated carbocycles.